The van der Waals surface area contributed by atoms with Gasteiger partial charge in [-0.15, -0.1) is 0 Å². The van der Waals surface area contributed by atoms with Gasteiger partial charge in [0.15, 0.2) is 5.11 Å². The highest BCUT2D eigenvalue weighted by Gasteiger charge is 2.34. The van der Waals surface area contributed by atoms with Crippen LogP contribution < -0.4 is 5.32 Å². The molecule has 0 bridgehead atoms. The second-order valence-corrected chi connectivity index (χ2v) is 9.73. The van der Waals surface area contributed by atoms with E-state index in [1.807, 2.05) is 12.1 Å². The molecule has 6 heteroatoms. The largest absolute Gasteiger partial charge is 0.351 e. The van der Waals surface area contributed by atoms with Gasteiger partial charge in [-0.2, -0.15) is 4.98 Å². The molecular weight excluding hydrogens is 464 g/mol. The zero-order valence-electron chi connectivity index (χ0n) is 21.1. The van der Waals surface area contributed by atoms with Gasteiger partial charge >= 0.3 is 0 Å². The molecule has 0 saturated carbocycles. The van der Waals surface area contributed by atoms with Gasteiger partial charge in [0.05, 0.1) is 11.6 Å². The van der Waals surface area contributed by atoms with E-state index in [4.69, 9.17) is 21.7 Å². The molecule has 1 aliphatic rings. The summed E-state index contributed by atoms with van der Waals surface area (Å²) >= 11 is 5.87. The quantitative estimate of drug-likeness (QED) is 0.298. The van der Waals surface area contributed by atoms with E-state index in [2.05, 4.69) is 104 Å². The molecule has 1 atom stereocenters. The van der Waals surface area contributed by atoms with Gasteiger partial charge in [-0.3, -0.25) is 0 Å². The van der Waals surface area contributed by atoms with E-state index in [1.165, 1.54) is 16.7 Å². The average Bonchev–Trinajstić information content (AvgIpc) is 3.37. The predicted octanol–water partition coefficient (Wildman–Crippen LogP) is 6.78. The van der Waals surface area contributed by atoms with Crippen molar-refractivity contribution in [3.8, 4) is 11.4 Å². The number of aryl methyl sites for hydroxylation is 3. The Bertz CT molecular complexity index is 1420. The summed E-state index contributed by atoms with van der Waals surface area (Å²) in [5.74, 6) is 1.07. The lowest BCUT2D eigenvalue weighted by molar-refractivity contribution is 0.396. The highest BCUT2D eigenvalue weighted by molar-refractivity contribution is 7.80. The van der Waals surface area contributed by atoms with Gasteiger partial charge in [-0.25, -0.2) is 0 Å². The number of nitrogens with one attached hydrogen (secondary N) is 1. The SMILES string of the molecule is CCc1ccc(C2NC(=S)N(Cc3ccc(C)cc3)C(C)=C2c2nc(-c3cccc(C)c3)no2)cc1. The van der Waals surface area contributed by atoms with Gasteiger partial charge in [0, 0.05) is 17.8 Å². The van der Waals surface area contributed by atoms with Crippen molar-refractivity contribution in [1.82, 2.24) is 20.4 Å². The van der Waals surface area contributed by atoms with Crippen molar-refractivity contribution in [2.75, 3.05) is 0 Å². The molecule has 1 aliphatic heterocycles. The molecule has 0 fully saturated rings. The van der Waals surface area contributed by atoms with Crippen molar-refractivity contribution in [3.05, 3.63) is 112 Å². The van der Waals surface area contributed by atoms with Crippen molar-refractivity contribution in [2.24, 2.45) is 0 Å². The number of aromatic nitrogens is 2. The molecule has 1 unspecified atom stereocenters. The number of rotatable bonds is 6. The zero-order valence-corrected chi connectivity index (χ0v) is 21.9. The third-order valence-corrected chi connectivity index (χ3v) is 7.05. The molecule has 0 aliphatic carbocycles. The maximum Gasteiger partial charge on any atom is 0.258 e. The minimum atomic E-state index is -0.191. The normalized spacial score (nSPS) is 15.8. The lowest BCUT2D eigenvalue weighted by Gasteiger charge is -2.37. The highest BCUT2D eigenvalue weighted by atomic mass is 32.1. The van der Waals surface area contributed by atoms with Crippen molar-refractivity contribution >= 4 is 22.9 Å². The number of benzene rings is 3. The summed E-state index contributed by atoms with van der Waals surface area (Å²) in [5.41, 5.74) is 8.83. The van der Waals surface area contributed by atoms with E-state index in [0.717, 1.165) is 34.4 Å². The number of allylic oxidation sites excluding steroid dienone is 1. The molecule has 0 amide bonds. The van der Waals surface area contributed by atoms with Crippen LogP contribution in [0.4, 0.5) is 0 Å². The number of hydrogen-bond donors (Lipinski definition) is 1. The van der Waals surface area contributed by atoms with Crippen LogP contribution in [0, 0.1) is 13.8 Å². The Balaban J connectivity index is 1.59. The molecule has 4 aromatic rings. The minimum Gasteiger partial charge on any atom is -0.351 e. The van der Waals surface area contributed by atoms with Crippen LogP contribution >= 0.6 is 12.2 Å². The summed E-state index contributed by atoms with van der Waals surface area (Å²) in [6.45, 7) is 9.05. The first-order chi connectivity index (χ1) is 17.4. The fourth-order valence-corrected chi connectivity index (χ4v) is 4.87. The summed E-state index contributed by atoms with van der Waals surface area (Å²) in [6.07, 6.45) is 0.992. The van der Waals surface area contributed by atoms with Crippen LogP contribution in [-0.2, 0) is 13.0 Å². The van der Waals surface area contributed by atoms with Crippen LogP contribution in [0.2, 0.25) is 0 Å². The molecule has 3 aromatic carbocycles. The lowest BCUT2D eigenvalue weighted by Crippen LogP contribution is -2.45. The third-order valence-electron chi connectivity index (χ3n) is 6.71. The van der Waals surface area contributed by atoms with Gasteiger partial charge in [0.1, 0.15) is 0 Å². The number of nitrogens with zero attached hydrogens (tertiary/aromatic N) is 3. The third kappa shape index (κ3) is 4.82. The summed E-state index contributed by atoms with van der Waals surface area (Å²) in [5, 5.41) is 8.57. The molecule has 1 aromatic heterocycles. The van der Waals surface area contributed by atoms with Crippen molar-refractivity contribution in [3.63, 3.8) is 0 Å². The minimum absolute atomic E-state index is 0.191. The smallest absolute Gasteiger partial charge is 0.258 e. The Kier molecular flexibility index (Phi) is 6.70. The van der Waals surface area contributed by atoms with E-state index in [1.54, 1.807) is 0 Å². The first kappa shape index (κ1) is 23.9. The molecule has 0 radical (unpaired) electrons. The second-order valence-electron chi connectivity index (χ2n) is 9.34. The Morgan fingerprint density at radius 3 is 2.33 bits per heavy atom. The molecule has 0 spiro atoms. The van der Waals surface area contributed by atoms with Gasteiger partial charge < -0.3 is 14.7 Å². The highest BCUT2D eigenvalue weighted by Crippen LogP contribution is 2.38. The van der Waals surface area contributed by atoms with E-state index in [-0.39, 0.29) is 6.04 Å². The van der Waals surface area contributed by atoms with Crippen LogP contribution in [0.3, 0.4) is 0 Å². The summed E-state index contributed by atoms with van der Waals surface area (Å²) in [4.78, 5) is 6.95. The van der Waals surface area contributed by atoms with Gasteiger partial charge in [0.25, 0.3) is 5.89 Å². The monoisotopic (exact) mass is 494 g/mol. The Morgan fingerprint density at radius 2 is 1.64 bits per heavy atom. The van der Waals surface area contributed by atoms with Crippen LogP contribution in [0.1, 0.15) is 53.6 Å². The van der Waals surface area contributed by atoms with Crippen LogP contribution in [0.25, 0.3) is 17.0 Å². The second kappa shape index (κ2) is 10.1. The molecule has 5 rings (SSSR count). The Hall–Kier alpha value is -3.77. The van der Waals surface area contributed by atoms with Gasteiger partial charge in [-0.05, 0) is 62.2 Å². The van der Waals surface area contributed by atoms with Crippen LogP contribution in [0.15, 0.2) is 83.0 Å². The Morgan fingerprint density at radius 1 is 0.917 bits per heavy atom. The van der Waals surface area contributed by atoms with Crippen LogP contribution in [-0.4, -0.2) is 20.2 Å². The van der Waals surface area contributed by atoms with E-state index >= 15 is 0 Å². The first-order valence-electron chi connectivity index (χ1n) is 12.3. The standard InChI is InChI=1S/C30H30N4OS/c1-5-22-13-15-24(16-14-22)27-26(29-32-28(33-35-29)25-8-6-7-20(3)17-25)21(4)34(30(36)31-27)18-23-11-9-19(2)10-12-23/h6-17,27H,5,18H2,1-4H3,(H,31,36). The fraction of sp³-hybridized carbons (Fsp3) is 0.233. The molecule has 36 heavy (non-hydrogen) atoms. The molecule has 5 nitrogen and oxygen atoms in total. The number of hydrogen-bond acceptors (Lipinski definition) is 4. The predicted molar refractivity (Wildman–Crippen MR) is 148 cm³/mol. The van der Waals surface area contributed by atoms with Crippen LogP contribution in [0.5, 0.6) is 0 Å². The Labute approximate surface area is 217 Å². The van der Waals surface area contributed by atoms with Gasteiger partial charge in [0.2, 0.25) is 5.82 Å². The maximum absolute atomic E-state index is 5.89. The molecular formula is C30H30N4OS. The zero-order chi connectivity index (χ0) is 25.2. The van der Waals surface area contributed by atoms with E-state index in [0.29, 0.717) is 23.4 Å². The van der Waals surface area contributed by atoms with Crippen molar-refractivity contribution in [1.29, 1.82) is 0 Å². The van der Waals surface area contributed by atoms with Crippen molar-refractivity contribution < 1.29 is 4.52 Å². The van der Waals surface area contributed by atoms with Crippen molar-refractivity contribution in [2.45, 2.75) is 46.7 Å². The fourth-order valence-electron chi connectivity index (χ4n) is 4.55. The van der Waals surface area contributed by atoms with Gasteiger partial charge in [-0.1, -0.05) is 89.9 Å². The van der Waals surface area contributed by atoms with E-state index in [9.17, 15) is 0 Å². The first-order valence-corrected chi connectivity index (χ1v) is 12.7. The summed E-state index contributed by atoms with van der Waals surface area (Å²) < 4.78 is 5.89. The average molecular weight is 495 g/mol. The molecule has 0 saturated heterocycles. The molecule has 1 N–H and O–H groups in total. The summed E-state index contributed by atoms with van der Waals surface area (Å²) in [6, 6.07) is 25.1. The van der Waals surface area contributed by atoms with E-state index < -0.39 is 0 Å². The molecule has 182 valence electrons. The summed E-state index contributed by atoms with van der Waals surface area (Å²) in [7, 11) is 0. The number of thiocarbonyl (C=S) groups is 1. The topological polar surface area (TPSA) is 54.2 Å². The molecule has 2 heterocycles. The lowest BCUT2D eigenvalue weighted by atomic mass is 9.93. The maximum atomic E-state index is 5.89.